The Hall–Kier alpha value is -1.51. The number of ether oxygens (including phenoxy) is 1. The summed E-state index contributed by atoms with van der Waals surface area (Å²) in [6, 6.07) is 6.66. The lowest BCUT2D eigenvalue weighted by molar-refractivity contribution is -0.128. The van der Waals surface area contributed by atoms with Gasteiger partial charge in [-0.2, -0.15) is 0 Å². The lowest BCUT2D eigenvalue weighted by Crippen LogP contribution is -2.44. The van der Waals surface area contributed by atoms with E-state index in [4.69, 9.17) is 4.74 Å². The Morgan fingerprint density at radius 1 is 1.22 bits per heavy atom. The summed E-state index contributed by atoms with van der Waals surface area (Å²) in [6.07, 6.45) is 9.41. The molecular weight excluding hydrogens is 286 g/mol. The molecule has 0 heterocycles. The number of amides is 1. The Labute approximate surface area is 138 Å². The van der Waals surface area contributed by atoms with Gasteiger partial charge < -0.3 is 10.1 Å². The largest absolute Gasteiger partial charge is 0.481 e. The quantitative estimate of drug-likeness (QED) is 0.921. The van der Waals surface area contributed by atoms with Crippen LogP contribution >= 0.6 is 0 Å². The minimum Gasteiger partial charge on any atom is -0.481 e. The molecule has 4 atom stereocenters. The van der Waals surface area contributed by atoms with Crippen molar-refractivity contribution >= 4 is 5.91 Å². The number of carbonyl (C=O) groups excluding carboxylic acids is 1. The molecule has 0 unspecified atom stereocenters. The van der Waals surface area contributed by atoms with Crippen molar-refractivity contribution in [1.29, 1.82) is 0 Å². The molecule has 1 aromatic carbocycles. The van der Waals surface area contributed by atoms with Gasteiger partial charge in [-0.15, -0.1) is 0 Å². The SMILES string of the molecule is C[C@@H](Oc1cccc2c1CCCC2)C(=O)N[C@H]1C[C@@H]2CC[C@@H]1C2. The minimum atomic E-state index is -0.414. The van der Waals surface area contributed by atoms with E-state index < -0.39 is 6.10 Å². The van der Waals surface area contributed by atoms with E-state index in [1.54, 1.807) is 0 Å². The Bertz CT molecular complexity index is 597. The fraction of sp³-hybridized carbons (Fsp3) is 0.650. The number of carbonyl (C=O) groups is 1. The maximum atomic E-state index is 12.5. The molecule has 4 rings (SSSR count). The number of hydrogen-bond acceptors (Lipinski definition) is 2. The van der Waals surface area contributed by atoms with Crippen LogP contribution in [0, 0.1) is 11.8 Å². The van der Waals surface area contributed by atoms with Gasteiger partial charge in [-0.25, -0.2) is 0 Å². The molecule has 0 saturated heterocycles. The number of fused-ring (bicyclic) bond motifs is 3. The number of rotatable bonds is 4. The maximum absolute atomic E-state index is 12.5. The molecule has 2 fully saturated rings. The van der Waals surface area contributed by atoms with Gasteiger partial charge in [0.25, 0.3) is 5.91 Å². The molecule has 1 aromatic rings. The van der Waals surface area contributed by atoms with Gasteiger partial charge >= 0.3 is 0 Å². The van der Waals surface area contributed by atoms with Crippen LogP contribution in [0.5, 0.6) is 5.75 Å². The van der Waals surface area contributed by atoms with Crippen molar-refractivity contribution in [1.82, 2.24) is 5.32 Å². The summed E-state index contributed by atoms with van der Waals surface area (Å²) < 4.78 is 6.05. The Kier molecular flexibility index (Phi) is 4.04. The van der Waals surface area contributed by atoms with Gasteiger partial charge in [-0.1, -0.05) is 18.6 Å². The van der Waals surface area contributed by atoms with E-state index in [0.29, 0.717) is 12.0 Å². The Balaban J connectivity index is 1.39. The average Bonchev–Trinajstić information content (AvgIpc) is 3.18. The van der Waals surface area contributed by atoms with Gasteiger partial charge in [0.1, 0.15) is 5.75 Å². The first-order valence-electron chi connectivity index (χ1n) is 9.28. The minimum absolute atomic E-state index is 0.0518. The maximum Gasteiger partial charge on any atom is 0.261 e. The zero-order valence-electron chi connectivity index (χ0n) is 14.0. The van der Waals surface area contributed by atoms with Crippen LogP contribution in [-0.2, 0) is 17.6 Å². The monoisotopic (exact) mass is 313 g/mol. The van der Waals surface area contributed by atoms with Crippen LogP contribution in [-0.4, -0.2) is 18.1 Å². The number of hydrogen-bond donors (Lipinski definition) is 1. The van der Waals surface area contributed by atoms with Crippen molar-refractivity contribution in [3.8, 4) is 5.75 Å². The number of aryl methyl sites for hydroxylation is 1. The molecule has 1 amide bonds. The zero-order valence-corrected chi connectivity index (χ0v) is 14.0. The standard InChI is InChI=1S/C20H27NO2/c1-13(20(22)21-18-12-14-9-10-16(18)11-14)23-19-8-4-6-15-5-2-3-7-17(15)19/h4,6,8,13-14,16,18H,2-3,5,7,9-12H2,1H3,(H,21,22)/t13-,14-,16-,18+/m1/s1. The predicted octanol–water partition coefficient (Wildman–Crippen LogP) is 3.64. The molecule has 0 radical (unpaired) electrons. The summed E-state index contributed by atoms with van der Waals surface area (Å²) in [5.41, 5.74) is 2.72. The highest BCUT2D eigenvalue weighted by atomic mass is 16.5. The van der Waals surface area contributed by atoms with E-state index in [-0.39, 0.29) is 5.91 Å². The van der Waals surface area contributed by atoms with Crippen molar-refractivity contribution in [2.45, 2.75) is 70.4 Å². The summed E-state index contributed by atoms with van der Waals surface area (Å²) in [5.74, 6) is 2.53. The van der Waals surface area contributed by atoms with Crippen LogP contribution in [0.4, 0.5) is 0 Å². The lowest BCUT2D eigenvalue weighted by atomic mass is 9.91. The van der Waals surface area contributed by atoms with Gasteiger partial charge in [-0.05, 0) is 80.9 Å². The molecule has 0 aromatic heterocycles. The second kappa shape index (κ2) is 6.18. The van der Waals surface area contributed by atoms with Crippen molar-refractivity contribution in [2.24, 2.45) is 11.8 Å². The summed E-state index contributed by atoms with van der Waals surface area (Å²) in [6.45, 7) is 1.88. The van der Waals surface area contributed by atoms with Crippen molar-refractivity contribution in [3.05, 3.63) is 29.3 Å². The fourth-order valence-electron chi connectivity index (χ4n) is 4.82. The van der Waals surface area contributed by atoms with E-state index >= 15 is 0 Å². The molecule has 2 bridgehead atoms. The third-order valence-corrected chi connectivity index (χ3v) is 6.09. The van der Waals surface area contributed by atoms with Crippen molar-refractivity contribution in [3.63, 3.8) is 0 Å². The Morgan fingerprint density at radius 2 is 2.09 bits per heavy atom. The summed E-state index contributed by atoms with van der Waals surface area (Å²) in [5, 5.41) is 3.25. The third-order valence-electron chi connectivity index (χ3n) is 6.09. The molecule has 23 heavy (non-hydrogen) atoms. The fourth-order valence-corrected chi connectivity index (χ4v) is 4.82. The van der Waals surface area contributed by atoms with Gasteiger partial charge in [0, 0.05) is 6.04 Å². The highest BCUT2D eigenvalue weighted by molar-refractivity contribution is 5.81. The van der Waals surface area contributed by atoms with Crippen LogP contribution in [0.15, 0.2) is 18.2 Å². The molecule has 1 N–H and O–H groups in total. The van der Waals surface area contributed by atoms with E-state index in [2.05, 4.69) is 17.4 Å². The zero-order chi connectivity index (χ0) is 15.8. The highest BCUT2D eigenvalue weighted by Crippen LogP contribution is 2.44. The average molecular weight is 313 g/mol. The van der Waals surface area contributed by atoms with E-state index in [1.165, 1.54) is 49.7 Å². The van der Waals surface area contributed by atoms with Gasteiger partial charge in [-0.3, -0.25) is 4.79 Å². The van der Waals surface area contributed by atoms with Gasteiger partial charge in [0.2, 0.25) is 0 Å². The molecule has 0 aliphatic heterocycles. The van der Waals surface area contributed by atoms with E-state index in [0.717, 1.165) is 24.5 Å². The normalized spacial score (nSPS) is 29.9. The second-order valence-electron chi connectivity index (χ2n) is 7.65. The molecule has 124 valence electrons. The van der Waals surface area contributed by atoms with Crippen LogP contribution in [0.2, 0.25) is 0 Å². The highest BCUT2D eigenvalue weighted by Gasteiger charge is 2.40. The third kappa shape index (κ3) is 2.98. The van der Waals surface area contributed by atoms with Crippen molar-refractivity contribution in [2.75, 3.05) is 0 Å². The molecular formula is C20H27NO2. The Morgan fingerprint density at radius 3 is 2.87 bits per heavy atom. The first kappa shape index (κ1) is 15.0. The van der Waals surface area contributed by atoms with Crippen LogP contribution in [0.1, 0.15) is 56.6 Å². The van der Waals surface area contributed by atoms with Gasteiger partial charge in [0.05, 0.1) is 0 Å². The van der Waals surface area contributed by atoms with Crippen LogP contribution < -0.4 is 10.1 Å². The first-order valence-corrected chi connectivity index (χ1v) is 9.28. The van der Waals surface area contributed by atoms with Crippen LogP contribution in [0.3, 0.4) is 0 Å². The second-order valence-corrected chi connectivity index (χ2v) is 7.65. The molecule has 3 heteroatoms. The van der Waals surface area contributed by atoms with E-state index in [9.17, 15) is 4.79 Å². The number of nitrogens with one attached hydrogen (secondary N) is 1. The molecule has 3 nitrogen and oxygen atoms in total. The summed E-state index contributed by atoms with van der Waals surface area (Å²) >= 11 is 0. The first-order chi connectivity index (χ1) is 11.2. The lowest BCUT2D eigenvalue weighted by Gasteiger charge is -2.26. The summed E-state index contributed by atoms with van der Waals surface area (Å²) in [7, 11) is 0. The topological polar surface area (TPSA) is 38.3 Å². The van der Waals surface area contributed by atoms with Gasteiger partial charge in [0.15, 0.2) is 6.10 Å². The van der Waals surface area contributed by atoms with Crippen molar-refractivity contribution < 1.29 is 9.53 Å². The van der Waals surface area contributed by atoms with Crippen LogP contribution in [0.25, 0.3) is 0 Å². The molecule has 3 aliphatic rings. The predicted molar refractivity (Wildman–Crippen MR) is 90.6 cm³/mol. The molecule has 0 spiro atoms. The van der Waals surface area contributed by atoms with E-state index in [1.807, 2.05) is 13.0 Å². The summed E-state index contributed by atoms with van der Waals surface area (Å²) in [4.78, 5) is 12.5. The smallest absolute Gasteiger partial charge is 0.261 e. The number of benzene rings is 1. The molecule has 2 saturated carbocycles. The molecule has 3 aliphatic carbocycles.